The van der Waals surface area contributed by atoms with E-state index in [1.807, 2.05) is 0 Å². The third-order valence-electron chi connectivity index (χ3n) is 9.25. The van der Waals surface area contributed by atoms with E-state index >= 15 is 0 Å². The fourth-order valence-electron chi connectivity index (χ4n) is 7.14. The number of allylic oxidation sites excluding steroid dienone is 4. The lowest BCUT2D eigenvalue weighted by molar-refractivity contribution is 0.602. The Labute approximate surface area is 268 Å². The van der Waals surface area contributed by atoms with Gasteiger partial charge in [0.2, 0.25) is 0 Å². The molecule has 1 aliphatic rings. The Kier molecular flexibility index (Phi) is 6.31. The van der Waals surface area contributed by atoms with Crippen molar-refractivity contribution in [2.24, 2.45) is 0 Å². The number of hydrogen-bond donors (Lipinski definition) is 0. The Hall–Kier alpha value is -5.86. The molecule has 0 saturated heterocycles. The van der Waals surface area contributed by atoms with Gasteiger partial charge in [0.15, 0.2) is 0 Å². The highest BCUT2D eigenvalue weighted by molar-refractivity contribution is 6.15. The smallest absolute Gasteiger partial charge is 0.143 e. The summed E-state index contributed by atoms with van der Waals surface area (Å²) >= 11 is 0. The van der Waals surface area contributed by atoms with Crippen molar-refractivity contribution in [3.63, 3.8) is 0 Å². The van der Waals surface area contributed by atoms with E-state index in [9.17, 15) is 0 Å². The third kappa shape index (κ3) is 4.26. The van der Waals surface area contributed by atoms with Crippen molar-refractivity contribution < 1.29 is 4.42 Å². The number of nitrogens with zero attached hydrogens (tertiary/aromatic N) is 1. The molecule has 9 rings (SSSR count). The normalized spacial score (nSPS) is 13.1. The molecule has 46 heavy (non-hydrogen) atoms. The molecule has 0 saturated carbocycles. The van der Waals surface area contributed by atoms with Gasteiger partial charge in [-0.3, -0.25) is 0 Å². The minimum absolute atomic E-state index is 0.892. The summed E-state index contributed by atoms with van der Waals surface area (Å²) in [7, 11) is 0. The van der Waals surface area contributed by atoms with Crippen LogP contribution >= 0.6 is 0 Å². The van der Waals surface area contributed by atoms with Gasteiger partial charge in [0.05, 0.1) is 11.0 Å². The van der Waals surface area contributed by atoms with Crippen molar-refractivity contribution in [1.82, 2.24) is 4.57 Å². The summed E-state index contributed by atoms with van der Waals surface area (Å²) in [5, 5.41) is 4.68. The number of fused-ring (bicyclic) bond motifs is 4. The lowest BCUT2D eigenvalue weighted by atomic mass is 9.93. The average Bonchev–Trinajstić information content (AvgIpc) is 3.68. The van der Waals surface area contributed by atoms with Crippen molar-refractivity contribution >= 4 is 38.3 Å². The van der Waals surface area contributed by atoms with Crippen LogP contribution in [0.1, 0.15) is 12.8 Å². The Bertz CT molecular complexity index is 2460. The summed E-state index contributed by atoms with van der Waals surface area (Å²) in [5.74, 6) is 1.78. The first-order chi connectivity index (χ1) is 22.8. The maximum Gasteiger partial charge on any atom is 0.143 e. The fraction of sp³-hybridized carbons (Fsp3) is 0.0455. The molecule has 0 amide bonds. The van der Waals surface area contributed by atoms with E-state index < -0.39 is 0 Å². The largest absolute Gasteiger partial charge is 0.455 e. The predicted octanol–water partition coefficient (Wildman–Crippen LogP) is 12.4. The molecule has 1 aliphatic carbocycles. The van der Waals surface area contributed by atoms with Crippen molar-refractivity contribution in [1.29, 1.82) is 0 Å². The summed E-state index contributed by atoms with van der Waals surface area (Å²) in [4.78, 5) is 0. The first-order valence-corrected chi connectivity index (χ1v) is 16.0. The van der Waals surface area contributed by atoms with E-state index in [2.05, 4.69) is 168 Å². The number of benzene rings is 6. The molecular formula is C44H31NO. The Morgan fingerprint density at radius 2 is 1.02 bits per heavy atom. The number of para-hydroxylation sites is 1. The van der Waals surface area contributed by atoms with Crippen LogP contribution in [0.5, 0.6) is 0 Å². The van der Waals surface area contributed by atoms with Crippen LogP contribution in [0.25, 0.3) is 83.2 Å². The molecule has 0 aliphatic heterocycles. The molecule has 2 heterocycles. The SMILES string of the molecule is C1=CC(n2c3ccccc3c3cc(-c4oc(-c5ccccc5-c5ccccc5)c5ccccc45)c(-c4ccccc4)cc32)=CCC1. The average molecular weight is 590 g/mol. The molecule has 8 aromatic rings. The van der Waals surface area contributed by atoms with Gasteiger partial charge in [0.1, 0.15) is 11.5 Å². The molecule has 0 radical (unpaired) electrons. The van der Waals surface area contributed by atoms with Crippen LogP contribution < -0.4 is 0 Å². The molecule has 2 aromatic heterocycles. The maximum absolute atomic E-state index is 7.12. The molecule has 0 N–H and O–H groups in total. The highest BCUT2D eigenvalue weighted by Gasteiger charge is 2.23. The van der Waals surface area contributed by atoms with E-state index in [1.54, 1.807) is 0 Å². The second kappa shape index (κ2) is 10.9. The van der Waals surface area contributed by atoms with E-state index in [4.69, 9.17) is 4.42 Å². The van der Waals surface area contributed by atoms with Crippen LogP contribution in [0.4, 0.5) is 0 Å². The molecule has 0 unspecified atom stereocenters. The van der Waals surface area contributed by atoms with Gasteiger partial charge in [-0.1, -0.05) is 140 Å². The molecular weight excluding hydrogens is 558 g/mol. The van der Waals surface area contributed by atoms with Crippen LogP contribution in [-0.4, -0.2) is 4.57 Å². The van der Waals surface area contributed by atoms with Crippen molar-refractivity contribution in [2.45, 2.75) is 12.8 Å². The van der Waals surface area contributed by atoms with Gasteiger partial charge in [-0.2, -0.15) is 0 Å². The molecule has 0 spiro atoms. The van der Waals surface area contributed by atoms with E-state index in [1.165, 1.54) is 33.1 Å². The van der Waals surface area contributed by atoms with Gasteiger partial charge in [0, 0.05) is 38.4 Å². The molecule has 218 valence electrons. The number of rotatable bonds is 5. The summed E-state index contributed by atoms with van der Waals surface area (Å²) in [6.07, 6.45) is 9.04. The van der Waals surface area contributed by atoms with Crippen LogP contribution in [0.2, 0.25) is 0 Å². The molecule has 2 nitrogen and oxygen atoms in total. The first kappa shape index (κ1) is 26.5. The molecule has 0 atom stereocenters. The van der Waals surface area contributed by atoms with Gasteiger partial charge in [-0.15, -0.1) is 0 Å². The van der Waals surface area contributed by atoms with Crippen LogP contribution in [0, 0.1) is 0 Å². The zero-order valence-corrected chi connectivity index (χ0v) is 25.4. The third-order valence-corrected chi connectivity index (χ3v) is 9.25. The van der Waals surface area contributed by atoms with Crippen LogP contribution in [-0.2, 0) is 0 Å². The second-order valence-electron chi connectivity index (χ2n) is 12.0. The van der Waals surface area contributed by atoms with Crippen molar-refractivity contribution in [2.75, 3.05) is 0 Å². The minimum Gasteiger partial charge on any atom is -0.455 e. The van der Waals surface area contributed by atoms with E-state index in [-0.39, 0.29) is 0 Å². The molecule has 6 aromatic carbocycles. The monoisotopic (exact) mass is 589 g/mol. The molecule has 2 heteroatoms. The van der Waals surface area contributed by atoms with Gasteiger partial charge in [-0.25, -0.2) is 0 Å². The lowest BCUT2D eigenvalue weighted by Gasteiger charge is -2.14. The Balaban J connectivity index is 1.36. The Morgan fingerprint density at radius 1 is 0.435 bits per heavy atom. The molecule has 0 bridgehead atoms. The molecule has 0 fully saturated rings. The zero-order chi connectivity index (χ0) is 30.5. The quantitative estimate of drug-likeness (QED) is 0.195. The minimum atomic E-state index is 0.892. The van der Waals surface area contributed by atoms with Crippen molar-refractivity contribution in [3.05, 3.63) is 164 Å². The lowest BCUT2D eigenvalue weighted by Crippen LogP contribution is -1.97. The second-order valence-corrected chi connectivity index (χ2v) is 12.0. The summed E-state index contributed by atoms with van der Waals surface area (Å²) in [6, 6.07) is 52.0. The summed E-state index contributed by atoms with van der Waals surface area (Å²) in [6.45, 7) is 0. The van der Waals surface area contributed by atoms with Gasteiger partial charge < -0.3 is 8.98 Å². The highest BCUT2D eigenvalue weighted by Crippen LogP contribution is 2.47. The van der Waals surface area contributed by atoms with Crippen LogP contribution in [0.3, 0.4) is 0 Å². The summed E-state index contributed by atoms with van der Waals surface area (Å²) in [5.41, 5.74) is 10.5. The van der Waals surface area contributed by atoms with Gasteiger partial charge >= 0.3 is 0 Å². The first-order valence-electron chi connectivity index (χ1n) is 16.0. The zero-order valence-electron chi connectivity index (χ0n) is 25.4. The fourth-order valence-corrected chi connectivity index (χ4v) is 7.14. The number of furan rings is 1. The van der Waals surface area contributed by atoms with Crippen molar-refractivity contribution in [3.8, 4) is 44.9 Å². The van der Waals surface area contributed by atoms with E-state index in [0.29, 0.717) is 0 Å². The summed E-state index contributed by atoms with van der Waals surface area (Å²) < 4.78 is 9.55. The van der Waals surface area contributed by atoms with Gasteiger partial charge in [-0.05, 0) is 59.4 Å². The Morgan fingerprint density at radius 3 is 1.72 bits per heavy atom. The van der Waals surface area contributed by atoms with Gasteiger partial charge in [0.25, 0.3) is 0 Å². The standard InChI is InChI=1S/C44H31NO/c1-4-16-30(17-5-1)33-22-10-11-24-35(33)43-36-25-12-13-26-37(36)44(46-43)40-28-39-34-23-14-15-27-41(34)45(32-20-8-3-9-21-32)42(39)29-38(40)31-18-6-2-7-19-31/h1-2,4-8,10-29H,3,9H2. The maximum atomic E-state index is 7.12. The topological polar surface area (TPSA) is 18.1 Å². The predicted molar refractivity (Wildman–Crippen MR) is 194 cm³/mol. The van der Waals surface area contributed by atoms with Crippen LogP contribution in [0.15, 0.2) is 168 Å². The van der Waals surface area contributed by atoms with E-state index in [0.717, 1.165) is 63.0 Å². The highest BCUT2D eigenvalue weighted by atomic mass is 16.3. The number of hydrogen-bond acceptors (Lipinski definition) is 1. The number of aromatic nitrogens is 1.